The lowest BCUT2D eigenvalue weighted by molar-refractivity contribution is 0.197. The lowest BCUT2D eigenvalue weighted by Crippen LogP contribution is -2.33. The zero-order valence-electron chi connectivity index (χ0n) is 6.79. The lowest BCUT2D eigenvalue weighted by atomic mass is 10.0. The summed E-state index contributed by atoms with van der Waals surface area (Å²) in [5.41, 5.74) is 0. The van der Waals surface area contributed by atoms with Crippen molar-refractivity contribution in [1.82, 2.24) is 4.90 Å². The zero-order valence-corrected chi connectivity index (χ0v) is 6.79. The molecule has 2 heterocycles. The number of piperidine rings is 1. The number of rotatable bonds is 0. The second-order valence-electron chi connectivity index (χ2n) is 3.71. The summed E-state index contributed by atoms with van der Waals surface area (Å²) in [4.78, 5) is 2.50. The molecule has 11 heavy (non-hydrogen) atoms. The fourth-order valence-corrected chi connectivity index (χ4v) is 2.35. The fraction of sp³-hybridized carbons (Fsp3) is 0.889. The van der Waals surface area contributed by atoms with Gasteiger partial charge in [-0.2, -0.15) is 5.26 Å². The van der Waals surface area contributed by atoms with Gasteiger partial charge in [-0.15, -0.1) is 0 Å². The molecule has 0 radical (unpaired) electrons. The fourth-order valence-electron chi connectivity index (χ4n) is 2.35. The molecule has 0 aliphatic carbocycles. The van der Waals surface area contributed by atoms with Gasteiger partial charge in [-0.05, 0) is 25.8 Å². The minimum Gasteiger partial charge on any atom is -0.299 e. The van der Waals surface area contributed by atoms with Crippen molar-refractivity contribution in [3.8, 4) is 6.07 Å². The highest BCUT2D eigenvalue weighted by molar-refractivity contribution is 4.96. The lowest BCUT2D eigenvalue weighted by Gasteiger charge is -2.28. The number of fused-ring (bicyclic) bond motifs is 1. The van der Waals surface area contributed by atoms with Crippen LogP contribution in [0.2, 0.25) is 0 Å². The highest BCUT2D eigenvalue weighted by Gasteiger charge is 2.32. The van der Waals surface area contributed by atoms with Crippen molar-refractivity contribution in [2.75, 3.05) is 13.1 Å². The minimum absolute atomic E-state index is 0.332. The molecule has 2 saturated heterocycles. The first-order valence-corrected chi connectivity index (χ1v) is 4.54. The van der Waals surface area contributed by atoms with Crippen molar-refractivity contribution in [2.45, 2.75) is 31.7 Å². The molecule has 2 fully saturated rings. The van der Waals surface area contributed by atoms with E-state index in [0.717, 1.165) is 19.0 Å². The molecule has 0 aromatic heterocycles. The van der Waals surface area contributed by atoms with Gasteiger partial charge in [-0.3, -0.25) is 4.90 Å². The average Bonchev–Trinajstić information content (AvgIpc) is 2.46. The topological polar surface area (TPSA) is 27.0 Å². The largest absolute Gasteiger partial charge is 0.299 e. The maximum Gasteiger partial charge on any atom is 0.0669 e. The molecular weight excluding hydrogens is 136 g/mol. The molecule has 2 aliphatic heterocycles. The zero-order chi connectivity index (χ0) is 7.68. The van der Waals surface area contributed by atoms with Gasteiger partial charge in [0.05, 0.1) is 12.0 Å². The van der Waals surface area contributed by atoms with Gasteiger partial charge in [-0.25, -0.2) is 0 Å². The summed E-state index contributed by atoms with van der Waals surface area (Å²) in [6.07, 6.45) is 5.18. The van der Waals surface area contributed by atoms with Gasteiger partial charge in [0, 0.05) is 12.6 Å². The maximum absolute atomic E-state index is 8.74. The van der Waals surface area contributed by atoms with Crippen molar-refractivity contribution in [1.29, 1.82) is 5.26 Å². The number of hydrogen-bond donors (Lipinski definition) is 0. The number of nitriles is 1. The van der Waals surface area contributed by atoms with Gasteiger partial charge in [-0.1, -0.05) is 6.42 Å². The van der Waals surface area contributed by atoms with E-state index >= 15 is 0 Å². The molecule has 2 nitrogen and oxygen atoms in total. The minimum atomic E-state index is 0.332. The van der Waals surface area contributed by atoms with Crippen LogP contribution in [0.1, 0.15) is 25.7 Å². The smallest absolute Gasteiger partial charge is 0.0669 e. The van der Waals surface area contributed by atoms with Crippen LogP contribution < -0.4 is 0 Å². The van der Waals surface area contributed by atoms with Crippen molar-refractivity contribution in [3.05, 3.63) is 0 Å². The Morgan fingerprint density at radius 1 is 1.36 bits per heavy atom. The van der Waals surface area contributed by atoms with Crippen LogP contribution in [0.3, 0.4) is 0 Å². The van der Waals surface area contributed by atoms with E-state index < -0.39 is 0 Å². The van der Waals surface area contributed by atoms with Gasteiger partial charge >= 0.3 is 0 Å². The average molecular weight is 150 g/mol. The molecular formula is C9H14N2. The third kappa shape index (κ3) is 1.25. The molecule has 2 aliphatic rings. The molecule has 2 unspecified atom stereocenters. The van der Waals surface area contributed by atoms with Crippen molar-refractivity contribution in [2.24, 2.45) is 5.92 Å². The van der Waals surface area contributed by atoms with Crippen LogP contribution in [0.4, 0.5) is 0 Å². The molecule has 2 atom stereocenters. The number of nitrogens with zero attached hydrogens (tertiary/aromatic N) is 2. The molecule has 0 spiro atoms. The summed E-state index contributed by atoms with van der Waals surface area (Å²) in [7, 11) is 0. The van der Waals surface area contributed by atoms with Gasteiger partial charge in [0.25, 0.3) is 0 Å². The van der Waals surface area contributed by atoms with Crippen LogP contribution in [0, 0.1) is 17.2 Å². The molecule has 2 heteroatoms. The van der Waals surface area contributed by atoms with Crippen LogP contribution in [-0.2, 0) is 0 Å². The van der Waals surface area contributed by atoms with E-state index in [9.17, 15) is 0 Å². The summed E-state index contributed by atoms with van der Waals surface area (Å²) in [6.45, 7) is 2.28. The molecule has 0 bridgehead atoms. The van der Waals surface area contributed by atoms with Crippen molar-refractivity contribution < 1.29 is 0 Å². The first kappa shape index (κ1) is 7.12. The van der Waals surface area contributed by atoms with E-state index in [1.807, 2.05) is 0 Å². The molecule has 60 valence electrons. The van der Waals surface area contributed by atoms with E-state index in [4.69, 9.17) is 5.26 Å². The first-order valence-electron chi connectivity index (χ1n) is 4.54. The molecule has 2 rings (SSSR count). The maximum atomic E-state index is 8.74. The highest BCUT2D eigenvalue weighted by Crippen LogP contribution is 2.29. The summed E-state index contributed by atoms with van der Waals surface area (Å²) >= 11 is 0. The second kappa shape index (κ2) is 2.83. The van der Waals surface area contributed by atoms with E-state index in [0.29, 0.717) is 5.92 Å². The van der Waals surface area contributed by atoms with E-state index in [1.54, 1.807) is 0 Å². The summed E-state index contributed by atoms with van der Waals surface area (Å²) in [6, 6.07) is 3.14. The third-order valence-corrected chi connectivity index (χ3v) is 2.94. The van der Waals surface area contributed by atoms with Gasteiger partial charge in [0.2, 0.25) is 0 Å². The monoisotopic (exact) mass is 150 g/mol. The Balaban J connectivity index is 1.99. The van der Waals surface area contributed by atoms with E-state index in [-0.39, 0.29) is 0 Å². The Morgan fingerprint density at radius 2 is 2.27 bits per heavy atom. The molecule has 0 aromatic carbocycles. The third-order valence-electron chi connectivity index (χ3n) is 2.94. The Hall–Kier alpha value is -0.550. The Bertz CT molecular complexity index is 168. The van der Waals surface area contributed by atoms with Crippen LogP contribution in [0.25, 0.3) is 0 Å². The van der Waals surface area contributed by atoms with Crippen LogP contribution in [-0.4, -0.2) is 24.0 Å². The van der Waals surface area contributed by atoms with Crippen LogP contribution in [0.5, 0.6) is 0 Å². The summed E-state index contributed by atoms with van der Waals surface area (Å²) in [5.74, 6) is 0.332. The van der Waals surface area contributed by atoms with Crippen molar-refractivity contribution >= 4 is 0 Å². The molecule has 0 amide bonds. The SMILES string of the molecule is N#CC1CC2CCCCN2C1. The highest BCUT2D eigenvalue weighted by atomic mass is 15.2. The quantitative estimate of drug-likeness (QED) is 0.521. The predicted molar refractivity (Wildman–Crippen MR) is 42.9 cm³/mol. The molecule has 0 N–H and O–H groups in total. The first-order chi connectivity index (χ1) is 5.40. The van der Waals surface area contributed by atoms with Gasteiger partial charge in [0.15, 0.2) is 0 Å². The normalized spacial score (nSPS) is 38.1. The van der Waals surface area contributed by atoms with Gasteiger partial charge in [0.1, 0.15) is 0 Å². The Morgan fingerprint density at radius 3 is 3.00 bits per heavy atom. The van der Waals surface area contributed by atoms with E-state index in [1.165, 1.54) is 25.8 Å². The van der Waals surface area contributed by atoms with Crippen molar-refractivity contribution in [3.63, 3.8) is 0 Å². The van der Waals surface area contributed by atoms with Crippen LogP contribution >= 0.6 is 0 Å². The van der Waals surface area contributed by atoms with Crippen LogP contribution in [0.15, 0.2) is 0 Å². The second-order valence-corrected chi connectivity index (χ2v) is 3.71. The van der Waals surface area contributed by atoms with Gasteiger partial charge < -0.3 is 0 Å². The number of hydrogen-bond acceptors (Lipinski definition) is 2. The molecule has 0 aromatic rings. The standard InChI is InChI=1S/C9H14N2/c10-6-8-5-9-3-1-2-4-11(9)7-8/h8-9H,1-5,7H2. The Labute approximate surface area is 67.8 Å². The van der Waals surface area contributed by atoms with E-state index in [2.05, 4.69) is 11.0 Å². The molecule has 0 saturated carbocycles. The predicted octanol–water partition coefficient (Wildman–Crippen LogP) is 1.38. The summed E-state index contributed by atoms with van der Waals surface area (Å²) in [5, 5.41) is 8.74. The Kier molecular flexibility index (Phi) is 1.83. The summed E-state index contributed by atoms with van der Waals surface area (Å²) < 4.78 is 0.